The van der Waals surface area contributed by atoms with Gasteiger partial charge in [-0.2, -0.15) is 0 Å². The Kier molecular flexibility index (Phi) is 3.57. The summed E-state index contributed by atoms with van der Waals surface area (Å²) in [6.45, 7) is 0. The van der Waals surface area contributed by atoms with Gasteiger partial charge in [0.1, 0.15) is 0 Å². The first-order chi connectivity index (χ1) is 8.13. The summed E-state index contributed by atoms with van der Waals surface area (Å²) in [6.07, 6.45) is 3.84. The fraction of sp³-hybridized carbons (Fsp3) is 0.417. The van der Waals surface area contributed by atoms with Crippen molar-refractivity contribution in [3.8, 4) is 0 Å². The molecule has 0 amide bonds. The van der Waals surface area contributed by atoms with E-state index in [0.29, 0.717) is 11.6 Å². The van der Waals surface area contributed by atoms with E-state index in [4.69, 9.17) is 10.9 Å². The number of anilines is 1. The molecular weight excluding hydrogens is 282 g/mol. The van der Waals surface area contributed by atoms with E-state index >= 15 is 0 Å². The smallest absolute Gasteiger partial charge is 0.171 e. The minimum atomic E-state index is 0.120. The van der Waals surface area contributed by atoms with Crippen LogP contribution in [0.4, 0.5) is 5.69 Å². The number of benzene rings is 1. The molecule has 0 heterocycles. The summed E-state index contributed by atoms with van der Waals surface area (Å²) in [6, 6.07) is 6.52. The van der Waals surface area contributed by atoms with E-state index in [0.717, 1.165) is 10.2 Å². The monoisotopic (exact) mass is 297 g/mol. The van der Waals surface area contributed by atoms with Crippen LogP contribution in [0.15, 0.2) is 27.8 Å². The van der Waals surface area contributed by atoms with Gasteiger partial charge in [0.05, 0.1) is 0 Å². The fourth-order valence-corrected chi connectivity index (χ4v) is 2.54. The molecule has 0 spiro atoms. The molecule has 0 bridgehead atoms. The summed E-state index contributed by atoms with van der Waals surface area (Å²) < 4.78 is 0.844. The standard InChI is InChI=1S/C12H16BrN3O/c1-16(8-3-2-4-8)9-5-6-10(11(13)7-9)12(14)15-17/h5-8,17H,2-4H2,1H3,(H2,14,15). The number of rotatable bonds is 3. The van der Waals surface area contributed by atoms with E-state index in [1.54, 1.807) is 0 Å². The first kappa shape index (κ1) is 12.2. The number of hydrogen-bond acceptors (Lipinski definition) is 3. The third-order valence-electron chi connectivity index (χ3n) is 3.37. The minimum absolute atomic E-state index is 0.120. The number of amidine groups is 1. The quantitative estimate of drug-likeness (QED) is 0.390. The van der Waals surface area contributed by atoms with Crippen molar-refractivity contribution in [2.75, 3.05) is 11.9 Å². The van der Waals surface area contributed by atoms with Gasteiger partial charge in [0.25, 0.3) is 0 Å². The van der Waals surface area contributed by atoms with E-state index < -0.39 is 0 Å². The highest BCUT2D eigenvalue weighted by molar-refractivity contribution is 9.10. The SMILES string of the molecule is CN(c1ccc(/C(N)=N/O)c(Br)c1)C1CCC1. The second kappa shape index (κ2) is 4.96. The Morgan fingerprint density at radius 2 is 2.24 bits per heavy atom. The van der Waals surface area contributed by atoms with Crippen molar-refractivity contribution < 1.29 is 5.21 Å². The molecule has 1 aliphatic carbocycles. The van der Waals surface area contributed by atoms with E-state index in [1.807, 2.05) is 18.2 Å². The Hall–Kier alpha value is -1.23. The van der Waals surface area contributed by atoms with E-state index in [2.05, 4.69) is 33.0 Å². The maximum absolute atomic E-state index is 8.66. The van der Waals surface area contributed by atoms with Gasteiger partial charge >= 0.3 is 0 Å². The second-order valence-electron chi connectivity index (χ2n) is 4.35. The summed E-state index contributed by atoms with van der Waals surface area (Å²) in [5, 5.41) is 11.7. The summed E-state index contributed by atoms with van der Waals surface area (Å²) >= 11 is 3.45. The lowest BCUT2D eigenvalue weighted by atomic mass is 9.91. The predicted octanol–water partition coefficient (Wildman–Crippen LogP) is 2.53. The summed E-state index contributed by atoms with van der Waals surface area (Å²) in [5.41, 5.74) is 7.43. The van der Waals surface area contributed by atoms with Crippen LogP contribution in [0.3, 0.4) is 0 Å². The highest BCUT2D eigenvalue weighted by atomic mass is 79.9. The fourth-order valence-electron chi connectivity index (χ4n) is 1.97. The molecule has 5 heteroatoms. The number of halogens is 1. The van der Waals surface area contributed by atoms with Crippen LogP contribution >= 0.6 is 15.9 Å². The normalized spacial score (nSPS) is 16.7. The van der Waals surface area contributed by atoms with Crippen LogP contribution in [0, 0.1) is 0 Å². The summed E-state index contributed by atoms with van der Waals surface area (Å²) in [5.74, 6) is 0.120. The van der Waals surface area contributed by atoms with E-state index in [-0.39, 0.29) is 5.84 Å². The third-order valence-corrected chi connectivity index (χ3v) is 4.02. The molecule has 1 fully saturated rings. The molecule has 0 unspecified atom stereocenters. The average Bonchev–Trinajstić information content (AvgIpc) is 2.25. The van der Waals surface area contributed by atoms with Crippen molar-refractivity contribution in [1.29, 1.82) is 0 Å². The average molecular weight is 298 g/mol. The number of nitrogens with zero attached hydrogens (tertiary/aromatic N) is 2. The van der Waals surface area contributed by atoms with Crippen molar-refractivity contribution >= 4 is 27.5 Å². The molecule has 1 saturated carbocycles. The van der Waals surface area contributed by atoms with E-state index in [1.165, 1.54) is 19.3 Å². The minimum Gasteiger partial charge on any atom is -0.409 e. The first-order valence-electron chi connectivity index (χ1n) is 5.63. The maximum atomic E-state index is 8.66. The largest absolute Gasteiger partial charge is 0.409 e. The second-order valence-corrected chi connectivity index (χ2v) is 5.20. The molecule has 1 aromatic carbocycles. The summed E-state index contributed by atoms with van der Waals surface area (Å²) in [7, 11) is 2.11. The van der Waals surface area contributed by atoms with Gasteiger partial charge in [-0.3, -0.25) is 0 Å². The molecule has 92 valence electrons. The Morgan fingerprint density at radius 3 is 2.71 bits per heavy atom. The van der Waals surface area contributed by atoms with Gasteiger partial charge in [0.2, 0.25) is 0 Å². The summed E-state index contributed by atoms with van der Waals surface area (Å²) in [4.78, 5) is 2.28. The molecule has 2 rings (SSSR count). The lowest BCUT2D eigenvalue weighted by Crippen LogP contribution is -2.37. The highest BCUT2D eigenvalue weighted by Crippen LogP contribution is 2.30. The van der Waals surface area contributed by atoms with Crippen LogP contribution in [0.2, 0.25) is 0 Å². The molecule has 3 N–H and O–H groups in total. The molecular formula is C12H16BrN3O. The van der Waals surface area contributed by atoms with Crippen molar-refractivity contribution in [1.82, 2.24) is 0 Å². The molecule has 0 radical (unpaired) electrons. The van der Waals surface area contributed by atoms with Crippen LogP contribution in [-0.2, 0) is 0 Å². The Bertz CT molecular complexity index is 443. The zero-order chi connectivity index (χ0) is 12.4. The van der Waals surface area contributed by atoms with Crippen molar-refractivity contribution in [2.45, 2.75) is 25.3 Å². The van der Waals surface area contributed by atoms with Gasteiger partial charge in [-0.05, 0) is 53.4 Å². The van der Waals surface area contributed by atoms with Crippen molar-refractivity contribution in [3.63, 3.8) is 0 Å². The van der Waals surface area contributed by atoms with Gasteiger partial charge in [-0.15, -0.1) is 0 Å². The Balaban J connectivity index is 2.23. The van der Waals surface area contributed by atoms with Crippen molar-refractivity contribution in [3.05, 3.63) is 28.2 Å². The number of oxime groups is 1. The lowest BCUT2D eigenvalue weighted by molar-refractivity contribution is 0.318. The zero-order valence-electron chi connectivity index (χ0n) is 9.73. The maximum Gasteiger partial charge on any atom is 0.171 e. The molecule has 4 nitrogen and oxygen atoms in total. The third kappa shape index (κ3) is 2.39. The Labute approximate surface area is 109 Å². The van der Waals surface area contributed by atoms with Gasteiger partial charge in [0, 0.05) is 28.8 Å². The van der Waals surface area contributed by atoms with Crippen molar-refractivity contribution in [2.24, 2.45) is 10.9 Å². The van der Waals surface area contributed by atoms with E-state index in [9.17, 15) is 0 Å². The van der Waals surface area contributed by atoms with Crippen LogP contribution in [0.5, 0.6) is 0 Å². The molecule has 0 aliphatic heterocycles. The number of hydrogen-bond donors (Lipinski definition) is 2. The highest BCUT2D eigenvalue weighted by Gasteiger charge is 2.22. The lowest BCUT2D eigenvalue weighted by Gasteiger charge is -2.36. The molecule has 0 atom stereocenters. The first-order valence-corrected chi connectivity index (χ1v) is 6.43. The predicted molar refractivity (Wildman–Crippen MR) is 72.7 cm³/mol. The molecule has 17 heavy (non-hydrogen) atoms. The molecule has 1 aliphatic rings. The van der Waals surface area contributed by atoms with Gasteiger partial charge < -0.3 is 15.8 Å². The Morgan fingerprint density at radius 1 is 1.53 bits per heavy atom. The van der Waals surface area contributed by atoms with Crippen LogP contribution in [0.25, 0.3) is 0 Å². The number of nitrogens with two attached hydrogens (primary N) is 1. The van der Waals surface area contributed by atoms with Crippen LogP contribution in [0.1, 0.15) is 24.8 Å². The van der Waals surface area contributed by atoms with Crippen LogP contribution in [-0.4, -0.2) is 24.1 Å². The zero-order valence-corrected chi connectivity index (χ0v) is 11.3. The van der Waals surface area contributed by atoms with Gasteiger partial charge in [-0.1, -0.05) is 5.16 Å². The molecule has 1 aromatic rings. The molecule has 0 saturated heterocycles. The topological polar surface area (TPSA) is 61.8 Å². The van der Waals surface area contributed by atoms with Gasteiger partial charge in [0.15, 0.2) is 5.84 Å². The van der Waals surface area contributed by atoms with Gasteiger partial charge in [-0.25, -0.2) is 0 Å². The molecule has 0 aromatic heterocycles. The van der Waals surface area contributed by atoms with Crippen LogP contribution < -0.4 is 10.6 Å².